The number of nitrogens with zero attached hydrogens (tertiary/aromatic N) is 4. The van der Waals surface area contributed by atoms with Gasteiger partial charge in [0.2, 0.25) is 5.89 Å². The molecule has 3 N–H and O–H groups in total. The highest BCUT2D eigenvalue weighted by molar-refractivity contribution is 7.80. The fraction of sp³-hybridized carbons (Fsp3) is 0.375. The van der Waals surface area contributed by atoms with Gasteiger partial charge in [-0.2, -0.15) is 5.10 Å². The molecule has 25 heavy (non-hydrogen) atoms. The molecule has 1 amide bonds. The van der Waals surface area contributed by atoms with E-state index in [-0.39, 0.29) is 16.7 Å². The molecule has 1 aliphatic carbocycles. The molecule has 4 rings (SSSR count). The molecule has 1 atom stereocenters. The Morgan fingerprint density at radius 1 is 1.48 bits per heavy atom. The molecule has 0 bridgehead atoms. The van der Waals surface area contributed by atoms with Crippen LogP contribution in [-0.4, -0.2) is 31.8 Å². The fourth-order valence-electron chi connectivity index (χ4n) is 2.87. The summed E-state index contributed by atoms with van der Waals surface area (Å²) in [6, 6.07) is 2.03. The summed E-state index contributed by atoms with van der Waals surface area (Å²) in [5, 5.41) is 15.6. The summed E-state index contributed by atoms with van der Waals surface area (Å²) in [7, 11) is 0. The van der Waals surface area contributed by atoms with E-state index in [1.165, 1.54) is 6.20 Å². The van der Waals surface area contributed by atoms with Crippen molar-refractivity contribution < 1.29 is 9.21 Å². The Bertz CT molecular complexity index is 974. The van der Waals surface area contributed by atoms with Crippen LogP contribution in [0.2, 0.25) is 0 Å². The van der Waals surface area contributed by atoms with Crippen LogP contribution < -0.4 is 11.1 Å². The number of amides is 1. The van der Waals surface area contributed by atoms with Crippen molar-refractivity contribution in [1.29, 1.82) is 0 Å². The number of carbonyl (C=O) groups is 1. The van der Waals surface area contributed by atoms with Gasteiger partial charge in [0.1, 0.15) is 0 Å². The van der Waals surface area contributed by atoms with Crippen LogP contribution >= 0.6 is 12.6 Å². The van der Waals surface area contributed by atoms with Gasteiger partial charge in [0.15, 0.2) is 0 Å². The van der Waals surface area contributed by atoms with E-state index in [2.05, 4.69) is 47.1 Å². The van der Waals surface area contributed by atoms with Crippen molar-refractivity contribution in [2.24, 2.45) is 11.1 Å². The number of carbonyl (C=O) groups excluding carboxylic acids is 1. The van der Waals surface area contributed by atoms with Gasteiger partial charge in [0, 0.05) is 12.2 Å². The second-order valence-electron chi connectivity index (χ2n) is 6.77. The minimum absolute atomic E-state index is 0.185. The second-order valence-corrected chi connectivity index (χ2v) is 7.15. The quantitative estimate of drug-likeness (QED) is 0.604. The number of primary amides is 1. The van der Waals surface area contributed by atoms with Gasteiger partial charge in [0.05, 0.1) is 28.5 Å². The number of nitrogens with one attached hydrogen (secondary N) is 1. The molecule has 0 radical (unpaired) electrons. The van der Waals surface area contributed by atoms with Crippen molar-refractivity contribution in [3.05, 3.63) is 24.0 Å². The van der Waals surface area contributed by atoms with E-state index >= 15 is 0 Å². The van der Waals surface area contributed by atoms with Gasteiger partial charge >= 0.3 is 0 Å². The van der Waals surface area contributed by atoms with Crippen LogP contribution in [0.5, 0.6) is 0 Å². The van der Waals surface area contributed by atoms with Crippen molar-refractivity contribution in [3.63, 3.8) is 0 Å². The summed E-state index contributed by atoms with van der Waals surface area (Å²) in [5.41, 5.74) is 8.22. The third kappa shape index (κ3) is 2.74. The van der Waals surface area contributed by atoms with Crippen molar-refractivity contribution >= 4 is 29.7 Å². The summed E-state index contributed by atoms with van der Waals surface area (Å²) >= 11 is 4.03. The summed E-state index contributed by atoms with van der Waals surface area (Å²) in [6.45, 7) is 4.34. The van der Waals surface area contributed by atoms with Crippen LogP contribution in [0.1, 0.15) is 37.0 Å². The number of aromatic nitrogens is 4. The van der Waals surface area contributed by atoms with Gasteiger partial charge in [-0.25, -0.2) is 4.52 Å². The zero-order chi connectivity index (χ0) is 17.8. The Hall–Kier alpha value is -2.55. The maximum atomic E-state index is 11.9. The molecular weight excluding hydrogens is 340 g/mol. The Balaban J connectivity index is 1.83. The number of thiol groups is 1. The third-order valence-electron chi connectivity index (χ3n) is 5.01. The second kappa shape index (κ2) is 5.48. The number of rotatable bonds is 5. The fourth-order valence-corrected chi connectivity index (χ4v) is 3.00. The normalized spacial score (nSPS) is 16.8. The molecule has 130 valence electrons. The van der Waals surface area contributed by atoms with Crippen LogP contribution in [0.25, 0.3) is 17.0 Å². The lowest BCUT2D eigenvalue weighted by atomic mass is 10.00. The highest BCUT2D eigenvalue weighted by atomic mass is 32.1. The van der Waals surface area contributed by atoms with Crippen LogP contribution in [-0.2, 0) is 0 Å². The molecule has 8 nitrogen and oxygen atoms in total. The summed E-state index contributed by atoms with van der Waals surface area (Å²) < 4.78 is 7.01. The zero-order valence-corrected chi connectivity index (χ0v) is 14.7. The van der Waals surface area contributed by atoms with E-state index in [9.17, 15) is 4.79 Å². The molecule has 0 saturated heterocycles. The molecule has 3 heterocycles. The number of nitrogens with two attached hydrogens (primary N) is 1. The predicted octanol–water partition coefficient (Wildman–Crippen LogP) is 2.37. The highest BCUT2D eigenvalue weighted by Crippen LogP contribution is 2.49. The largest absolute Gasteiger partial charge is 0.411 e. The van der Waals surface area contributed by atoms with E-state index in [1.807, 2.05) is 6.07 Å². The Morgan fingerprint density at radius 3 is 2.84 bits per heavy atom. The van der Waals surface area contributed by atoms with Crippen LogP contribution in [0.4, 0.5) is 5.69 Å². The third-order valence-corrected chi connectivity index (χ3v) is 5.19. The van der Waals surface area contributed by atoms with Crippen molar-refractivity contribution in [3.8, 4) is 11.5 Å². The van der Waals surface area contributed by atoms with E-state index in [4.69, 9.17) is 10.2 Å². The van der Waals surface area contributed by atoms with Gasteiger partial charge in [-0.1, -0.05) is 19.6 Å². The molecule has 0 aliphatic heterocycles. The lowest BCUT2D eigenvalue weighted by Crippen LogP contribution is -2.27. The first-order valence-electron chi connectivity index (χ1n) is 7.98. The average Bonchev–Trinajstić information content (AvgIpc) is 2.97. The molecule has 1 aliphatic rings. The molecule has 9 heteroatoms. The Morgan fingerprint density at radius 2 is 2.24 bits per heavy atom. The standard InChI is InChI=1S/C16H18N6O2S/c1-8(16(2)3-4-16)19-12-10(13(17)23)6-18-22-7-9(5-11(12)22)14-20-21-15(25)24-14/h5-8,19H,3-4H2,1-2H3,(H2,17,23)(H,21,25)/t8-/m1/s1. The molecule has 3 aromatic rings. The van der Waals surface area contributed by atoms with E-state index < -0.39 is 5.91 Å². The minimum Gasteiger partial charge on any atom is -0.411 e. The van der Waals surface area contributed by atoms with E-state index in [0.717, 1.165) is 18.4 Å². The topological polar surface area (TPSA) is 111 Å². The van der Waals surface area contributed by atoms with Gasteiger partial charge in [-0.15, -0.1) is 10.2 Å². The number of fused-ring (bicyclic) bond motifs is 1. The lowest BCUT2D eigenvalue weighted by molar-refractivity contribution is 0.100. The van der Waals surface area contributed by atoms with Crippen LogP contribution in [0.15, 0.2) is 28.1 Å². The number of anilines is 1. The van der Waals surface area contributed by atoms with Gasteiger partial charge in [-0.05, 0) is 31.2 Å². The van der Waals surface area contributed by atoms with Crippen molar-refractivity contribution in [2.75, 3.05) is 5.32 Å². The van der Waals surface area contributed by atoms with E-state index in [1.54, 1.807) is 10.7 Å². The minimum atomic E-state index is -0.524. The molecular formula is C16H18N6O2S. The SMILES string of the molecule is C[C@@H](Nc1c(C(N)=O)cnn2cc(-c3nnc(S)o3)cc12)C1(C)CC1. The smallest absolute Gasteiger partial charge is 0.273 e. The molecule has 0 spiro atoms. The summed E-state index contributed by atoms with van der Waals surface area (Å²) in [6.07, 6.45) is 5.55. The number of hydrogen-bond acceptors (Lipinski definition) is 7. The van der Waals surface area contributed by atoms with Crippen molar-refractivity contribution in [1.82, 2.24) is 19.8 Å². The van der Waals surface area contributed by atoms with Gasteiger partial charge in [-0.3, -0.25) is 4.79 Å². The zero-order valence-electron chi connectivity index (χ0n) is 13.9. The van der Waals surface area contributed by atoms with Gasteiger partial charge < -0.3 is 15.5 Å². The van der Waals surface area contributed by atoms with Crippen LogP contribution in [0, 0.1) is 5.41 Å². The Labute approximate surface area is 149 Å². The van der Waals surface area contributed by atoms with Crippen molar-refractivity contribution in [2.45, 2.75) is 38.0 Å². The average molecular weight is 358 g/mol. The van der Waals surface area contributed by atoms with E-state index in [0.29, 0.717) is 22.7 Å². The molecule has 0 unspecified atom stereocenters. The monoisotopic (exact) mass is 358 g/mol. The summed E-state index contributed by atoms with van der Waals surface area (Å²) in [4.78, 5) is 11.9. The first-order chi connectivity index (χ1) is 11.9. The molecule has 3 aromatic heterocycles. The molecule has 0 aromatic carbocycles. The predicted molar refractivity (Wildman–Crippen MR) is 94.7 cm³/mol. The lowest BCUT2D eigenvalue weighted by Gasteiger charge is -2.23. The Kier molecular flexibility index (Phi) is 3.50. The maximum Gasteiger partial charge on any atom is 0.273 e. The first kappa shape index (κ1) is 15.9. The number of hydrogen-bond donors (Lipinski definition) is 3. The highest BCUT2D eigenvalue weighted by Gasteiger charge is 2.43. The van der Waals surface area contributed by atoms with Crippen LogP contribution in [0.3, 0.4) is 0 Å². The first-order valence-corrected chi connectivity index (χ1v) is 8.43. The molecule has 1 saturated carbocycles. The van der Waals surface area contributed by atoms with Gasteiger partial charge in [0.25, 0.3) is 11.1 Å². The summed E-state index contributed by atoms with van der Waals surface area (Å²) in [5.74, 6) is -0.187. The maximum absolute atomic E-state index is 11.9. The molecule has 1 fully saturated rings.